The number of rotatable bonds is 4. The molecule has 1 unspecified atom stereocenters. The summed E-state index contributed by atoms with van der Waals surface area (Å²) in [5, 5.41) is 18.6. The summed E-state index contributed by atoms with van der Waals surface area (Å²) in [5.41, 5.74) is 4.41. The van der Waals surface area contributed by atoms with Gasteiger partial charge in [-0.05, 0) is 12.2 Å². The Balaban J connectivity index is 2.42. The van der Waals surface area contributed by atoms with Gasteiger partial charge in [0.15, 0.2) is 17.2 Å². The molecule has 116 valence electrons. The molecule has 8 nitrogen and oxygen atoms in total. The van der Waals surface area contributed by atoms with Gasteiger partial charge in [0.1, 0.15) is 12.2 Å². The van der Waals surface area contributed by atoms with Crippen LogP contribution in [0.4, 0.5) is 4.39 Å². The Bertz CT molecular complexity index is 660. The number of amides is 1. The number of ether oxygens (including phenoxy) is 1. The summed E-state index contributed by atoms with van der Waals surface area (Å²) in [6.45, 7) is -0.567. The van der Waals surface area contributed by atoms with Gasteiger partial charge < -0.3 is 20.7 Å². The van der Waals surface area contributed by atoms with E-state index in [1.54, 1.807) is 0 Å². The molecular formula is C11H14FN3O5S. The zero-order valence-corrected chi connectivity index (χ0v) is 11.5. The van der Waals surface area contributed by atoms with Crippen molar-refractivity contribution < 1.29 is 24.1 Å². The van der Waals surface area contributed by atoms with Crippen LogP contribution in [-0.2, 0) is 16.0 Å². The van der Waals surface area contributed by atoms with Gasteiger partial charge in [-0.1, -0.05) is 0 Å². The molecule has 10 heteroatoms. The van der Waals surface area contributed by atoms with Crippen molar-refractivity contribution in [1.29, 1.82) is 0 Å². The van der Waals surface area contributed by atoms with Crippen molar-refractivity contribution in [1.82, 2.24) is 9.55 Å². The average Bonchev–Trinajstić information content (AvgIpc) is 2.69. The van der Waals surface area contributed by atoms with Crippen LogP contribution in [-0.4, -0.2) is 50.7 Å². The van der Waals surface area contributed by atoms with E-state index in [1.807, 2.05) is 0 Å². The highest BCUT2D eigenvalue weighted by Crippen LogP contribution is 2.31. The Kier molecular flexibility index (Phi) is 4.52. The lowest BCUT2D eigenvalue weighted by atomic mass is 10.1. The van der Waals surface area contributed by atoms with Gasteiger partial charge in [0, 0.05) is 11.8 Å². The number of aromatic nitrogens is 2. The first-order valence-electron chi connectivity index (χ1n) is 6.06. The second-order valence-electron chi connectivity index (χ2n) is 4.65. The van der Waals surface area contributed by atoms with Gasteiger partial charge in [-0.3, -0.25) is 19.1 Å². The number of nitrogens with two attached hydrogens (primary N) is 1. The van der Waals surface area contributed by atoms with Crippen molar-refractivity contribution in [3.8, 4) is 0 Å². The molecular weight excluding hydrogens is 305 g/mol. The summed E-state index contributed by atoms with van der Waals surface area (Å²) < 4.78 is 20.2. The average molecular weight is 319 g/mol. The second-order valence-corrected chi connectivity index (χ2v) is 5.03. The Morgan fingerprint density at radius 1 is 1.62 bits per heavy atom. The lowest BCUT2D eigenvalue weighted by Gasteiger charge is -2.17. The number of aromatic amines is 1. The molecule has 1 amide bonds. The molecule has 5 N–H and O–H groups in total. The van der Waals surface area contributed by atoms with Crippen molar-refractivity contribution in [2.24, 2.45) is 5.73 Å². The quantitative estimate of drug-likeness (QED) is 0.501. The Labute approximate surface area is 123 Å². The van der Waals surface area contributed by atoms with Crippen LogP contribution in [0.3, 0.4) is 0 Å². The van der Waals surface area contributed by atoms with Gasteiger partial charge in [-0.25, -0.2) is 4.39 Å². The predicted molar refractivity (Wildman–Crippen MR) is 70.7 cm³/mol. The molecule has 0 radical (unpaired) electrons. The minimum Gasteiger partial charge on any atom is -0.394 e. The van der Waals surface area contributed by atoms with Crippen LogP contribution in [0.5, 0.6) is 0 Å². The van der Waals surface area contributed by atoms with E-state index in [0.29, 0.717) is 0 Å². The summed E-state index contributed by atoms with van der Waals surface area (Å²) in [6.07, 6.45) is -4.96. The number of nitrogens with zero attached hydrogens (tertiary/aromatic N) is 1. The molecule has 1 aliphatic heterocycles. The lowest BCUT2D eigenvalue weighted by molar-refractivity contribution is -0.117. The molecule has 1 aromatic rings. The number of H-pyrrole nitrogens is 1. The van der Waals surface area contributed by atoms with Crippen molar-refractivity contribution in [2.45, 2.75) is 31.0 Å². The molecule has 1 aromatic heterocycles. The number of alkyl halides is 1. The largest absolute Gasteiger partial charge is 0.394 e. The maximum Gasteiger partial charge on any atom is 0.255 e. The van der Waals surface area contributed by atoms with E-state index in [9.17, 15) is 19.1 Å². The molecule has 4 atom stereocenters. The molecule has 2 heterocycles. The topological polar surface area (TPSA) is 131 Å². The monoisotopic (exact) mass is 319 g/mol. The number of hydrogen-bond donors (Lipinski definition) is 4. The fourth-order valence-electron chi connectivity index (χ4n) is 2.11. The first-order chi connectivity index (χ1) is 9.85. The highest BCUT2D eigenvalue weighted by molar-refractivity contribution is 7.71. The van der Waals surface area contributed by atoms with Crippen molar-refractivity contribution >= 4 is 18.1 Å². The number of nitrogens with one attached hydrogen (secondary N) is 1. The molecule has 21 heavy (non-hydrogen) atoms. The summed E-state index contributed by atoms with van der Waals surface area (Å²) in [7, 11) is 0. The predicted octanol–water partition coefficient (Wildman–Crippen LogP) is -1.48. The zero-order chi connectivity index (χ0) is 15.7. The SMILES string of the molecule is NC(=O)Cc1cn([C@@H]2O[C@H](CO)C(O)[C@@H]2F)c(=S)[nH]c1=O. The van der Waals surface area contributed by atoms with E-state index in [1.165, 1.54) is 0 Å². The van der Waals surface area contributed by atoms with Crippen LogP contribution < -0.4 is 11.3 Å². The van der Waals surface area contributed by atoms with Crippen LogP contribution in [0.25, 0.3) is 0 Å². The smallest absolute Gasteiger partial charge is 0.255 e. The minimum absolute atomic E-state index is 0.00571. The first-order valence-corrected chi connectivity index (χ1v) is 6.47. The number of hydrogen-bond acceptors (Lipinski definition) is 6. The standard InChI is InChI=1S/C11H14FN3O5S/c12-7-8(18)5(3-16)20-10(7)15-2-4(1-6(13)17)9(19)14-11(15)21/h2,5,7-8,10,16,18H,1,3H2,(H2,13,17)(H,14,19,21)/t5-,7+,8?,10-/m1/s1. The molecule has 1 fully saturated rings. The Morgan fingerprint density at radius 2 is 2.29 bits per heavy atom. The van der Waals surface area contributed by atoms with Crippen LogP contribution >= 0.6 is 12.2 Å². The number of carbonyl (C=O) groups is 1. The van der Waals surface area contributed by atoms with E-state index < -0.39 is 42.7 Å². The minimum atomic E-state index is -1.85. The van der Waals surface area contributed by atoms with Crippen LogP contribution in [0.2, 0.25) is 0 Å². The van der Waals surface area contributed by atoms with Crippen molar-refractivity contribution in [3.05, 3.63) is 26.9 Å². The number of carbonyl (C=O) groups excluding carboxylic acids is 1. The molecule has 2 rings (SSSR count). The molecule has 0 aliphatic carbocycles. The first kappa shape index (κ1) is 15.8. The Morgan fingerprint density at radius 3 is 2.81 bits per heavy atom. The maximum absolute atomic E-state index is 14.0. The molecule has 0 spiro atoms. The lowest BCUT2D eigenvalue weighted by Crippen LogP contribution is -2.31. The summed E-state index contributed by atoms with van der Waals surface area (Å²) in [6, 6.07) is 0. The fourth-order valence-corrected chi connectivity index (χ4v) is 2.36. The second kappa shape index (κ2) is 6.02. The molecule has 0 saturated carbocycles. The number of aliphatic hydroxyl groups is 2. The molecule has 0 aromatic carbocycles. The zero-order valence-electron chi connectivity index (χ0n) is 10.7. The highest BCUT2D eigenvalue weighted by atomic mass is 32.1. The van der Waals surface area contributed by atoms with Gasteiger partial charge in [0.25, 0.3) is 5.56 Å². The van der Waals surface area contributed by atoms with E-state index in [0.717, 1.165) is 10.8 Å². The Hall–Kier alpha value is -1.62. The van der Waals surface area contributed by atoms with E-state index in [4.69, 9.17) is 27.8 Å². The number of halogens is 1. The number of primary amides is 1. The highest BCUT2D eigenvalue weighted by Gasteiger charge is 2.45. The van der Waals surface area contributed by atoms with Gasteiger partial charge in [0.2, 0.25) is 5.91 Å². The van der Waals surface area contributed by atoms with Crippen molar-refractivity contribution in [3.63, 3.8) is 0 Å². The fraction of sp³-hybridized carbons (Fsp3) is 0.545. The van der Waals surface area contributed by atoms with Gasteiger partial charge in [-0.2, -0.15) is 0 Å². The normalized spacial score (nSPS) is 28.7. The third-order valence-electron chi connectivity index (χ3n) is 3.15. The van der Waals surface area contributed by atoms with E-state index in [2.05, 4.69) is 4.98 Å². The van der Waals surface area contributed by atoms with Crippen molar-refractivity contribution in [2.75, 3.05) is 6.61 Å². The maximum atomic E-state index is 14.0. The molecule has 0 bridgehead atoms. The molecule has 1 saturated heterocycles. The third-order valence-corrected chi connectivity index (χ3v) is 3.47. The van der Waals surface area contributed by atoms with E-state index >= 15 is 0 Å². The summed E-state index contributed by atoms with van der Waals surface area (Å²) in [4.78, 5) is 24.8. The third kappa shape index (κ3) is 3.02. The van der Waals surface area contributed by atoms with Crippen LogP contribution in [0.1, 0.15) is 11.8 Å². The van der Waals surface area contributed by atoms with Gasteiger partial charge in [-0.15, -0.1) is 0 Å². The number of aliphatic hydroxyl groups excluding tert-OH is 2. The molecule has 1 aliphatic rings. The summed E-state index contributed by atoms with van der Waals surface area (Å²) >= 11 is 4.92. The van der Waals surface area contributed by atoms with E-state index in [-0.39, 0.29) is 16.8 Å². The van der Waals surface area contributed by atoms with Crippen LogP contribution in [0, 0.1) is 4.77 Å². The van der Waals surface area contributed by atoms with Crippen LogP contribution in [0.15, 0.2) is 11.0 Å². The summed E-state index contributed by atoms with van der Waals surface area (Å²) in [5.74, 6) is -0.735. The van der Waals surface area contributed by atoms with Gasteiger partial charge in [0.05, 0.1) is 13.0 Å². The van der Waals surface area contributed by atoms with Gasteiger partial charge >= 0.3 is 0 Å².